The smallest absolute Gasteiger partial charge is 0.248 e. The molecule has 0 aromatic carbocycles. The van der Waals surface area contributed by atoms with Gasteiger partial charge < -0.3 is 0 Å². The van der Waals surface area contributed by atoms with Crippen LogP contribution in [0, 0.1) is 0 Å². The molecule has 0 amide bonds. The van der Waals surface area contributed by atoms with Crippen LogP contribution in [0.15, 0.2) is 12.4 Å². The quantitative estimate of drug-likeness (QED) is 0.510. The first kappa shape index (κ1) is 11.3. The summed E-state index contributed by atoms with van der Waals surface area (Å²) in [6, 6.07) is 0. The van der Waals surface area contributed by atoms with E-state index in [0.717, 1.165) is 6.54 Å². The van der Waals surface area contributed by atoms with Crippen molar-refractivity contribution in [2.24, 2.45) is 0 Å². The topological polar surface area (TPSA) is 19.7 Å². The van der Waals surface area contributed by atoms with Crippen LogP contribution in [0.4, 0.5) is 0 Å². The highest BCUT2D eigenvalue weighted by Crippen LogP contribution is 2.05. The van der Waals surface area contributed by atoms with Crippen LogP contribution in [0.25, 0.3) is 0 Å². The maximum atomic E-state index is 3.31. The van der Waals surface area contributed by atoms with Crippen molar-refractivity contribution in [2.45, 2.75) is 58.9 Å². The number of nitrogens with zero attached hydrogens (tertiary/aromatic N) is 1. The Bertz CT molecular complexity index is 240. The summed E-state index contributed by atoms with van der Waals surface area (Å²) in [5.74, 6) is 1.38. The van der Waals surface area contributed by atoms with Crippen molar-refractivity contribution in [2.75, 3.05) is 0 Å². The minimum absolute atomic E-state index is 1.08. The van der Waals surface area contributed by atoms with Crippen LogP contribution >= 0.6 is 0 Å². The van der Waals surface area contributed by atoms with Gasteiger partial charge in [-0.15, -0.1) is 0 Å². The molecular weight excluding hydrogens is 172 g/mol. The first-order valence-electron chi connectivity index (χ1n) is 5.94. The van der Waals surface area contributed by atoms with Gasteiger partial charge in [0.25, 0.3) is 5.82 Å². The standard InChI is InChI=1S/C12H22N2/c1-3-5-6-7-8-9-12-13-10-11-14(12)4-2/h10-11H,3-9H2,1-2H3/p+1. The van der Waals surface area contributed by atoms with Gasteiger partial charge >= 0.3 is 0 Å². The van der Waals surface area contributed by atoms with Crippen molar-refractivity contribution in [3.05, 3.63) is 18.2 Å². The summed E-state index contributed by atoms with van der Waals surface area (Å²) in [6.45, 7) is 5.53. The first-order valence-corrected chi connectivity index (χ1v) is 5.94. The molecule has 2 heteroatoms. The highest BCUT2D eigenvalue weighted by atomic mass is 15.0. The number of aromatic amines is 1. The third-order valence-corrected chi connectivity index (χ3v) is 2.71. The Hall–Kier alpha value is -0.790. The molecule has 0 aliphatic rings. The second-order valence-corrected chi connectivity index (χ2v) is 3.86. The number of aromatic nitrogens is 2. The average Bonchev–Trinajstić information content (AvgIpc) is 2.65. The summed E-state index contributed by atoms with van der Waals surface area (Å²) in [6.07, 6.45) is 12.2. The zero-order chi connectivity index (χ0) is 10.2. The van der Waals surface area contributed by atoms with E-state index in [4.69, 9.17) is 0 Å². The van der Waals surface area contributed by atoms with Gasteiger partial charge in [-0.1, -0.05) is 32.6 Å². The van der Waals surface area contributed by atoms with E-state index in [1.165, 1.54) is 44.3 Å². The number of H-pyrrole nitrogens is 1. The van der Waals surface area contributed by atoms with Gasteiger partial charge in [-0.25, -0.2) is 9.55 Å². The van der Waals surface area contributed by atoms with Gasteiger partial charge in [-0.05, 0) is 13.3 Å². The fourth-order valence-electron chi connectivity index (χ4n) is 1.80. The van der Waals surface area contributed by atoms with Crippen LogP contribution in [0.3, 0.4) is 0 Å². The van der Waals surface area contributed by atoms with E-state index in [9.17, 15) is 0 Å². The Balaban J connectivity index is 2.17. The molecule has 1 aromatic rings. The molecule has 0 bridgehead atoms. The molecule has 2 nitrogen and oxygen atoms in total. The van der Waals surface area contributed by atoms with E-state index in [-0.39, 0.29) is 0 Å². The van der Waals surface area contributed by atoms with E-state index in [2.05, 4.69) is 29.6 Å². The first-order chi connectivity index (χ1) is 6.88. The van der Waals surface area contributed by atoms with Crippen LogP contribution in [0.5, 0.6) is 0 Å². The van der Waals surface area contributed by atoms with Crippen LogP contribution in [-0.4, -0.2) is 4.98 Å². The lowest BCUT2D eigenvalue weighted by atomic mass is 10.1. The molecule has 14 heavy (non-hydrogen) atoms. The molecule has 0 saturated heterocycles. The summed E-state index contributed by atoms with van der Waals surface area (Å²) in [7, 11) is 0. The van der Waals surface area contributed by atoms with Crippen molar-refractivity contribution >= 4 is 0 Å². The largest absolute Gasteiger partial charge is 0.254 e. The molecule has 1 N–H and O–H groups in total. The molecule has 0 aliphatic carbocycles. The van der Waals surface area contributed by atoms with E-state index < -0.39 is 0 Å². The Morgan fingerprint density at radius 1 is 1.14 bits per heavy atom. The number of aryl methyl sites for hydroxylation is 2. The monoisotopic (exact) mass is 195 g/mol. The number of rotatable bonds is 7. The van der Waals surface area contributed by atoms with Gasteiger partial charge in [0.2, 0.25) is 0 Å². The minimum atomic E-state index is 1.08. The second-order valence-electron chi connectivity index (χ2n) is 3.86. The van der Waals surface area contributed by atoms with Crippen LogP contribution in [0.1, 0.15) is 51.8 Å². The van der Waals surface area contributed by atoms with Crippen LogP contribution in [0.2, 0.25) is 0 Å². The van der Waals surface area contributed by atoms with Crippen molar-refractivity contribution in [3.63, 3.8) is 0 Å². The Labute approximate surface area is 87.4 Å². The number of hydrogen-bond donors (Lipinski definition) is 1. The lowest BCUT2D eigenvalue weighted by Gasteiger charge is -1.98. The summed E-state index contributed by atoms with van der Waals surface area (Å²) < 4.78 is 2.29. The number of imidazole rings is 1. The summed E-state index contributed by atoms with van der Waals surface area (Å²) in [5, 5.41) is 0. The molecule has 0 atom stereocenters. The molecule has 0 unspecified atom stereocenters. The van der Waals surface area contributed by atoms with Crippen molar-refractivity contribution in [3.8, 4) is 0 Å². The molecular formula is C12H23N2+. The van der Waals surface area contributed by atoms with Gasteiger partial charge in [0, 0.05) is 6.42 Å². The van der Waals surface area contributed by atoms with Crippen molar-refractivity contribution in [1.29, 1.82) is 0 Å². The molecule has 0 fully saturated rings. The summed E-state index contributed by atoms with van der Waals surface area (Å²) >= 11 is 0. The third kappa shape index (κ3) is 3.52. The third-order valence-electron chi connectivity index (χ3n) is 2.71. The van der Waals surface area contributed by atoms with Crippen LogP contribution in [-0.2, 0) is 13.0 Å². The average molecular weight is 195 g/mol. The number of nitrogens with one attached hydrogen (secondary N) is 1. The summed E-state index contributed by atoms with van der Waals surface area (Å²) in [4.78, 5) is 3.31. The van der Waals surface area contributed by atoms with Crippen molar-refractivity contribution < 1.29 is 4.57 Å². The highest BCUT2D eigenvalue weighted by Gasteiger charge is 2.06. The molecule has 80 valence electrons. The molecule has 1 rings (SSSR count). The lowest BCUT2D eigenvalue weighted by Crippen LogP contribution is -2.34. The van der Waals surface area contributed by atoms with E-state index in [0.29, 0.717) is 0 Å². The zero-order valence-corrected chi connectivity index (χ0v) is 9.55. The maximum Gasteiger partial charge on any atom is 0.254 e. The van der Waals surface area contributed by atoms with Gasteiger partial charge in [0.15, 0.2) is 0 Å². The van der Waals surface area contributed by atoms with Gasteiger partial charge in [0.05, 0.1) is 6.54 Å². The molecule has 1 heterocycles. The molecule has 0 spiro atoms. The second kappa shape index (κ2) is 6.63. The van der Waals surface area contributed by atoms with E-state index in [1.54, 1.807) is 0 Å². The molecule has 0 radical (unpaired) electrons. The maximum absolute atomic E-state index is 3.31. The van der Waals surface area contributed by atoms with E-state index in [1.807, 2.05) is 6.20 Å². The SMILES string of the molecule is CCCCCCCc1[nH]cc[n+]1CC. The predicted octanol–water partition coefficient (Wildman–Crippen LogP) is 2.84. The normalized spacial score (nSPS) is 10.7. The van der Waals surface area contributed by atoms with Gasteiger partial charge in [0.1, 0.15) is 12.4 Å². The van der Waals surface area contributed by atoms with Crippen molar-refractivity contribution in [1.82, 2.24) is 4.98 Å². The zero-order valence-electron chi connectivity index (χ0n) is 9.55. The number of hydrogen-bond acceptors (Lipinski definition) is 0. The lowest BCUT2D eigenvalue weighted by molar-refractivity contribution is -0.699. The Morgan fingerprint density at radius 2 is 1.93 bits per heavy atom. The van der Waals surface area contributed by atoms with E-state index >= 15 is 0 Å². The molecule has 0 saturated carbocycles. The minimum Gasteiger partial charge on any atom is -0.248 e. The highest BCUT2D eigenvalue weighted by molar-refractivity contribution is 4.77. The van der Waals surface area contributed by atoms with Gasteiger partial charge in [-0.2, -0.15) is 0 Å². The summed E-state index contributed by atoms with van der Waals surface area (Å²) in [5.41, 5.74) is 0. The molecule has 0 aliphatic heterocycles. The Kier molecular flexibility index (Phi) is 5.35. The van der Waals surface area contributed by atoms with Gasteiger partial charge in [-0.3, -0.25) is 0 Å². The number of unbranched alkanes of at least 4 members (excludes halogenated alkanes) is 4. The Morgan fingerprint density at radius 3 is 2.64 bits per heavy atom. The molecule has 1 aromatic heterocycles. The van der Waals surface area contributed by atoms with Crippen LogP contribution < -0.4 is 4.57 Å². The fraction of sp³-hybridized carbons (Fsp3) is 0.750. The fourth-order valence-corrected chi connectivity index (χ4v) is 1.80. The predicted molar refractivity (Wildman–Crippen MR) is 59.1 cm³/mol.